The number of ether oxygens (including phenoxy) is 1. The third kappa shape index (κ3) is 5.70. The molecule has 1 aliphatic heterocycles. The molecule has 1 amide bonds. The number of guanidine groups is 1. The number of methoxy groups -OCH3 is 1. The van der Waals surface area contributed by atoms with Gasteiger partial charge in [-0.1, -0.05) is 12.1 Å². The number of piperidine rings is 1. The number of nitrogens with two attached hydrogens (primary N) is 1. The Morgan fingerprint density at radius 2 is 2.20 bits per heavy atom. The van der Waals surface area contributed by atoms with Crippen molar-refractivity contribution in [1.82, 2.24) is 10.2 Å². The minimum absolute atomic E-state index is 0.205. The molecule has 0 saturated carbocycles. The maximum atomic E-state index is 13.1. The fraction of sp³-hybridized carbons (Fsp3) is 0.556. The summed E-state index contributed by atoms with van der Waals surface area (Å²) in [4.78, 5) is 17.6. The molecule has 2 rings (SSSR count). The van der Waals surface area contributed by atoms with Crippen LogP contribution in [-0.4, -0.2) is 50.6 Å². The Labute approximate surface area is 148 Å². The molecule has 0 radical (unpaired) electrons. The molecule has 7 heteroatoms. The summed E-state index contributed by atoms with van der Waals surface area (Å²) in [6.07, 6.45) is 2.21. The number of carbonyl (C=O) groups excluding carboxylic acids is 1. The van der Waals surface area contributed by atoms with Gasteiger partial charge in [-0.2, -0.15) is 0 Å². The van der Waals surface area contributed by atoms with Crippen molar-refractivity contribution in [3.63, 3.8) is 0 Å². The first-order chi connectivity index (χ1) is 12.0. The Bertz CT molecular complexity index is 591. The largest absolute Gasteiger partial charge is 0.375 e. The van der Waals surface area contributed by atoms with E-state index in [9.17, 15) is 9.18 Å². The third-order valence-electron chi connectivity index (χ3n) is 4.49. The number of halogens is 1. The van der Waals surface area contributed by atoms with E-state index in [4.69, 9.17) is 10.5 Å². The van der Waals surface area contributed by atoms with Crippen molar-refractivity contribution in [2.45, 2.75) is 25.4 Å². The molecule has 0 spiro atoms. The number of hydrogen-bond donors (Lipinski definition) is 2. The molecule has 1 aromatic rings. The van der Waals surface area contributed by atoms with Crippen molar-refractivity contribution in [2.75, 3.05) is 33.8 Å². The molecule has 3 N–H and O–H groups in total. The van der Waals surface area contributed by atoms with Crippen molar-refractivity contribution in [3.05, 3.63) is 35.6 Å². The lowest BCUT2D eigenvalue weighted by Crippen LogP contribution is -2.48. The minimum atomic E-state index is -0.267. The number of benzene rings is 1. The van der Waals surface area contributed by atoms with Gasteiger partial charge in [-0.15, -0.1) is 0 Å². The first-order valence-electron chi connectivity index (χ1n) is 8.55. The highest BCUT2D eigenvalue weighted by molar-refractivity contribution is 5.80. The molecule has 6 nitrogen and oxygen atoms in total. The summed E-state index contributed by atoms with van der Waals surface area (Å²) < 4.78 is 18.6. The number of primary amides is 1. The summed E-state index contributed by atoms with van der Waals surface area (Å²) in [7, 11) is 3.36. The molecule has 0 aromatic heterocycles. The average Bonchev–Trinajstić information content (AvgIpc) is 2.60. The van der Waals surface area contributed by atoms with Crippen LogP contribution in [0.15, 0.2) is 29.3 Å². The number of carbonyl (C=O) groups is 1. The number of nitrogens with zero attached hydrogens (tertiary/aromatic N) is 2. The summed E-state index contributed by atoms with van der Waals surface area (Å²) in [5, 5.41) is 3.32. The van der Waals surface area contributed by atoms with Crippen LogP contribution in [0.4, 0.5) is 4.39 Å². The SMILES string of the molecule is CN=C(NCC(OC)c1ccc(F)cc1)N1CCCC(CC(N)=O)C1. The number of amides is 1. The second-order valence-corrected chi connectivity index (χ2v) is 6.33. The summed E-state index contributed by atoms with van der Waals surface area (Å²) in [5.74, 6) is 0.514. The second kappa shape index (κ2) is 9.36. The lowest BCUT2D eigenvalue weighted by molar-refractivity contribution is -0.119. The third-order valence-corrected chi connectivity index (χ3v) is 4.49. The number of aliphatic imine (C=N–C) groups is 1. The van der Waals surface area contributed by atoms with Crippen LogP contribution in [0.25, 0.3) is 0 Å². The van der Waals surface area contributed by atoms with Crippen LogP contribution in [0.5, 0.6) is 0 Å². The summed E-state index contributed by atoms with van der Waals surface area (Å²) in [5.41, 5.74) is 6.22. The van der Waals surface area contributed by atoms with Crippen LogP contribution in [0.1, 0.15) is 30.9 Å². The molecule has 1 saturated heterocycles. The molecule has 1 aliphatic rings. The Kier molecular flexibility index (Phi) is 7.18. The van der Waals surface area contributed by atoms with Crippen LogP contribution < -0.4 is 11.1 Å². The molecule has 2 unspecified atom stereocenters. The van der Waals surface area contributed by atoms with Gasteiger partial charge in [0.15, 0.2) is 5.96 Å². The van der Waals surface area contributed by atoms with Gasteiger partial charge in [0.1, 0.15) is 5.82 Å². The number of nitrogens with one attached hydrogen (secondary N) is 1. The lowest BCUT2D eigenvalue weighted by Gasteiger charge is -2.35. The van der Waals surface area contributed by atoms with Crippen molar-refractivity contribution in [3.8, 4) is 0 Å². The molecule has 0 aliphatic carbocycles. The van der Waals surface area contributed by atoms with Gasteiger partial charge in [0.2, 0.25) is 5.91 Å². The molecule has 1 fully saturated rings. The summed E-state index contributed by atoms with van der Waals surface area (Å²) in [6, 6.07) is 6.29. The molecule has 25 heavy (non-hydrogen) atoms. The zero-order chi connectivity index (χ0) is 18.2. The maximum Gasteiger partial charge on any atom is 0.217 e. The first kappa shape index (κ1) is 19.2. The standard InChI is InChI=1S/C18H27FN4O2/c1-21-18(23-9-3-4-13(12-23)10-17(20)24)22-11-16(25-2)14-5-7-15(19)8-6-14/h5-8,13,16H,3-4,9-12H2,1-2H3,(H2,20,24)(H,21,22). The highest BCUT2D eigenvalue weighted by Crippen LogP contribution is 2.20. The molecule has 1 heterocycles. The smallest absolute Gasteiger partial charge is 0.217 e. The van der Waals surface area contributed by atoms with Crippen molar-refractivity contribution in [2.24, 2.45) is 16.6 Å². The van der Waals surface area contributed by atoms with E-state index in [0.29, 0.717) is 13.0 Å². The van der Waals surface area contributed by atoms with E-state index in [-0.39, 0.29) is 23.7 Å². The van der Waals surface area contributed by atoms with Gasteiger partial charge in [0.25, 0.3) is 0 Å². The highest BCUT2D eigenvalue weighted by Gasteiger charge is 2.24. The highest BCUT2D eigenvalue weighted by atomic mass is 19.1. The summed E-state index contributed by atoms with van der Waals surface area (Å²) >= 11 is 0. The molecule has 2 atom stereocenters. The summed E-state index contributed by atoms with van der Waals surface area (Å²) in [6.45, 7) is 2.17. The number of rotatable bonds is 6. The van der Waals surface area contributed by atoms with Crippen LogP contribution in [0, 0.1) is 11.7 Å². The minimum Gasteiger partial charge on any atom is -0.375 e. The molecule has 1 aromatic carbocycles. The zero-order valence-corrected chi connectivity index (χ0v) is 14.9. The normalized spacial score (nSPS) is 19.6. The molecular weight excluding hydrogens is 323 g/mol. The second-order valence-electron chi connectivity index (χ2n) is 6.33. The lowest BCUT2D eigenvalue weighted by atomic mass is 9.95. The fourth-order valence-corrected chi connectivity index (χ4v) is 3.24. The molecular formula is C18H27FN4O2. The van der Waals surface area contributed by atoms with Crippen LogP contribution >= 0.6 is 0 Å². The topological polar surface area (TPSA) is 80.0 Å². The Balaban J connectivity index is 1.94. The van der Waals surface area contributed by atoms with E-state index < -0.39 is 0 Å². The predicted molar refractivity (Wildman–Crippen MR) is 95.6 cm³/mol. The quantitative estimate of drug-likeness (QED) is 0.604. The van der Waals surface area contributed by atoms with Crippen LogP contribution in [-0.2, 0) is 9.53 Å². The van der Waals surface area contributed by atoms with Gasteiger partial charge in [0.05, 0.1) is 6.10 Å². The zero-order valence-electron chi connectivity index (χ0n) is 14.9. The Morgan fingerprint density at radius 1 is 1.48 bits per heavy atom. The van der Waals surface area contributed by atoms with Crippen molar-refractivity contribution < 1.29 is 13.9 Å². The van der Waals surface area contributed by atoms with E-state index in [1.54, 1.807) is 26.3 Å². The van der Waals surface area contributed by atoms with Gasteiger partial charge in [-0.05, 0) is 36.5 Å². The van der Waals surface area contributed by atoms with E-state index in [2.05, 4.69) is 15.2 Å². The predicted octanol–water partition coefficient (Wildman–Crippen LogP) is 1.68. The monoisotopic (exact) mass is 350 g/mol. The fourth-order valence-electron chi connectivity index (χ4n) is 3.24. The van der Waals surface area contributed by atoms with Crippen molar-refractivity contribution in [1.29, 1.82) is 0 Å². The van der Waals surface area contributed by atoms with Gasteiger partial charge in [0, 0.05) is 40.2 Å². The average molecular weight is 350 g/mol. The first-order valence-corrected chi connectivity index (χ1v) is 8.55. The number of likely N-dealkylation sites (tertiary alicyclic amines) is 1. The van der Waals surface area contributed by atoms with E-state index >= 15 is 0 Å². The van der Waals surface area contributed by atoms with Gasteiger partial charge in [-0.25, -0.2) is 4.39 Å². The van der Waals surface area contributed by atoms with Crippen molar-refractivity contribution >= 4 is 11.9 Å². The van der Waals surface area contributed by atoms with Gasteiger partial charge in [-0.3, -0.25) is 9.79 Å². The molecule has 138 valence electrons. The van der Waals surface area contributed by atoms with Crippen LogP contribution in [0.3, 0.4) is 0 Å². The van der Waals surface area contributed by atoms with E-state index in [1.165, 1.54) is 12.1 Å². The maximum absolute atomic E-state index is 13.1. The Hall–Kier alpha value is -2.15. The van der Waals surface area contributed by atoms with Gasteiger partial charge >= 0.3 is 0 Å². The van der Waals surface area contributed by atoms with Crippen LogP contribution in [0.2, 0.25) is 0 Å². The van der Waals surface area contributed by atoms with E-state index in [1.807, 2.05) is 0 Å². The van der Waals surface area contributed by atoms with E-state index in [0.717, 1.165) is 37.5 Å². The molecule has 0 bridgehead atoms. The number of hydrogen-bond acceptors (Lipinski definition) is 3. The Morgan fingerprint density at radius 3 is 2.80 bits per heavy atom. The van der Waals surface area contributed by atoms with Gasteiger partial charge < -0.3 is 20.7 Å².